The lowest BCUT2D eigenvalue weighted by molar-refractivity contribution is -0.123. The van der Waals surface area contributed by atoms with Gasteiger partial charge in [-0.25, -0.2) is 5.43 Å². The van der Waals surface area contributed by atoms with Gasteiger partial charge in [-0.3, -0.25) is 9.59 Å². The summed E-state index contributed by atoms with van der Waals surface area (Å²) < 4.78 is 0. The summed E-state index contributed by atoms with van der Waals surface area (Å²) in [6.45, 7) is 1.83. The van der Waals surface area contributed by atoms with Crippen LogP contribution >= 0.6 is 11.8 Å². The Balaban J connectivity index is 2.03. The first-order valence-electron chi connectivity index (χ1n) is 8.36. The second-order valence-electron chi connectivity index (χ2n) is 5.71. The molecule has 0 saturated heterocycles. The highest BCUT2D eigenvalue weighted by atomic mass is 32.2. The maximum absolute atomic E-state index is 12.5. The lowest BCUT2D eigenvalue weighted by Gasteiger charge is -2.17. The summed E-state index contributed by atoms with van der Waals surface area (Å²) in [6.07, 6.45) is 2.50. The molecule has 0 bridgehead atoms. The van der Waals surface area contributed by atoms with Gasteiger partial charge in [0.1, 0.15) is 6.04 Å². The van der Waals surface area contributed by atoms with Crippen LogP contribution in [0.5, 0.6) is 0 Å². The Hall–Kier alpha value is -2.60. The fourth-order valence-corrected chi connectivity index (χ4v) is 2.77. The van der Waals surface area contributed by atoms with Gasteiger partial charge in [-0.2, -0.15) is 16.9 Å². The molecule has 2 rings (SSSR count). The number of carbonyl (C=O) groups excluding carboxylic acids is 2. The molecule has 1 atom stereocenters. The third-order valence-corrected chi connectivity index (χ3v) is 4.44. The van der Waals surface area contributed by atoms with Crippen LogP contribution in [0.3, 0.4) is 0 Å². The molecule has 0 aliphatic rings. The molecule has 0 aliphatic heterocycles. The average Bonchev–Trinajstić information content (AvgIpc) is 2.70. The number of thioether (sulfide) groups is 1. The van der Waals surface area contributed by atoms with E-state index in [0.717, 1.165) is 11.3 Å². The van der Waals surface area contributed by atoms with E-state index in [2.05, 4.69) is 15.8 Å². The molecule has 2 N–H and O–H groups in total. The number of nitrogens with one attached hydrogen (secondary N) is 2. The minimum Gasteiger partial charge on any atom is -0.340 e. The summed E-state index contributed by atoms with van der Waals surface area (Å²) in [5.41, 5.74) is 4.74. The van der Waals surface area contributed by atoms with Crippen molar-refractivity contribution in [3.05, 3.63) is 71.8 Å². The smallest absolute Gasteiger partial charge is 0.262 e. The van der Waals surface area contributed by atoms with Crippen molar-refractivity contribution in [3.63, 3.8) is 0 Å². The molecule has 0 aromatic heterocycles. The molecule has 136 valence electrons. The number of nitrogens with zero attached hydrogens (tertiary/aromatic N) is 1. The van der Waals surface area contributed by atoms with Crippen LogP contribution in [0.4, 0.5) is 0 Å². The number of hydrazone groups is 1. The molecular formula is C20H23N3O2S. The van der Waals surface area contributed by atoms with Crippen LogP contribution in [0, 0.1) is 0 Å². The minimum absolute atomic E-state index is 0.268. The van der Waals surface area contributed by atoms with E-state index in [4.69, 9.17) is 0 Å². The standard InChI is InChI=1S/C20H23N3O2S/c1-15(16-9-5-3-6-10-16)22-23-20(25)18(13-14-26-2)21-19(24)17-11-7-4-8-12-17/h3-12,18H,13-14H2,1-2H3,(H,21,24)(H,23,25)/b22-15-/t18-/m1/s1. The molecule has 6 heteroatoms. The Morgan fingerprint density at radius 1 is 1.00 bits per heavy atom. The Bertz CT molecular complexity index is 748. The van der Waals surface area contributed by atoms with Gasteiger partial charge in [-0.05, 0) is 43.0 Å². The molecular weight excluding hydrogens is 346 g/mol. The van der Waals surface area contributed by atoms with Crippen molar-refractivity contribution in [3.8, 4) is 0 Å². The normalized spacial score (nSPS) is 12.3. The highest BCUT2D eigenvalue weighted by molar-refractivity contribution is 7.98. The molecule has 0 spiro atoms. The molecule has 2 amide bonds. The van der Waals surface area contributed by atoms with Crippen LogP contribution < -0.4 is 10.7 Å². The minimum atomic E-state index is -0.637. The SMILES string of the molecule is CSCC[C@@H](NC(=O)c1ccccc1)C(=O)N/N=C(/C)c1ccccc1. The maximum Gasteiger partial charge on any atom is 0.262 e. The van der Waals surface area contributed by atoms with Gasteiger partial charge in [0.25, 0.3) is 11.8 Å². The molecule has 0 saturated carbocycles. The van der Waals surface area contributed by atoms with E-state index < -0.39 is 6.04 Å². The van der Waals surface area contributed by atoms with Crippen LogP contribution in [-0.4, -0.2) is 35.6 Å². The average molecular weight is 369 g/mol. The number of hydrogen-bond donors (Lipinski definition) is 2. The lowest BCUT2D eigenvalue weighted by atomic mass is 10.1. The van der Waals surface area contributed by atoms with E-state index in [1.54, 1.807) is 36.0 Å². The van der Waals surface area contributed by atoms with Crippen molar-refractivity contribution in [1.82, 2.24) is 10.7 Å². The Morgan fingerprint density at radius 3 is 2.15 bits per heavy atom. The predicted octanol–water partition coefficient (Wildman–Crippen LogP) is 3.08. The lowest BCUT2D eigenvalue weighted by Crippen LogP contribution is -2.46. The fraction of sp³-hybridized carbons (Fsp3) is 0.250. The molecule has 5 nitrogen and oxygen atoms in total. The molecule has 0 radical (unpaired) electrons. The zero-order valence-electron chi connectivity index (χ0n) is 14.9. The van der Waals surface area contributed by atoms with Crippen molar-refractivity contribution in [2.24, 2.45) is 5.10 Å². The molecule has 0 fully saturated rings. The van der Waals surface area contributed by atoms with Gasteiger partial charge in [0.2, 0.25) is 0 Å². The van der Waals surface area contributed by atoms with E-state index in [9.17, 15) is 9.59 Å². The molecule has 2 aromatic rings. The van der Waals surface area contributed by atoms with Gasteiger partial charge < -0.3 is 5.32 Å². The molecule has 2 aromatic carbocycles. The molecule has 0 unspecified atom stereocenters. The largest absolute Gasteiger partial charge is 0.340 e. The first kappa shape index (κ1) is 19.7. The highest BCUT2D eigenvalue weighted by Crippen LogP contribution is 2.05. The van der Waals surface area contributed by atoms with Crippen molar-refractivity contribution in [2.75, 3.05) is 12.0 Å². The van der Waals surface area contributed by atoms with Crippen molar-refractivity contribution in [1.29, 1.82) is 0 Å². The van der Waals surface area contributed by atoms with E-state index >= 15 is 0 Å². The van der Waals surface area contributed by atoms with E-state index in [-0.39, 0.29) is 11.8 Å². The van der Waals surface area contributed by atoms with E-state index in [0.29, 0.717) is 17.7 Å². The number of amides is 2. The van der Waals surface area contributed by atoms with Gasteiger partial charge >= 0.3 is 0 Å². The van der Waals surface area contributed by atoms with Crippen molar-refractivity contribution >= 4 is 29.3 Å². The van der Waals surface area contributed by atoms with Crippen molar-refractivity contribution < 1.29 is 9.59 Å². The first-order chi connectivity index (χ1) is 12.6. The van der Waals surface area contributed by atoms with Gasteiger partial charge in [0.15, 0.2) is 0 Å². The Kier molecular flexibility index (Phi) is 7.89. The topological polar surface area (TPSA) is 70.6 Å². The highest BCUT2D eigenvalue weighted by Gasteiger charge is 2.21. The number of benzene rings is 2. The second-order valence-corrected chi connectivity index (χ2v) is 6.70. The van der Waals surface area contributed by atoms with Gasteiger partial charge in [0, 0.05) is 5.56 Å². The van der Waals surface area contributed by atoms with Gasteiger partial charge in [0.05, 0.1) is 5.71 Å². The Labute approximate surface area is 158 Å². The number of hydrogen-bond acceptors (Lipinski definition) is 4. The Morgan fingerprint density at radius 2 is 1.58 bits per heavy atom. The van der Waals surface area contributed by atoms with Crippen LogP contribution in [0.1, 0.15) is 29.3 Å². The summed E-state index contributed by atoms with van der Waals surface area (Å²) in [6, 6.07) is 17.8. The fourth-order valence-electron chi connectivity index (χ4n) is 2.30. The summed E-state index contributed by atoms with van der Waals surface area (Å²) >= 11 is 1.62. The second kappa shape index (κ2) is 10.4. The zero-order chi connectivity index (χ0) is 18.8. The summed E-state index contributed by atoms with van der Waals surface area (Å²) in [5.74, 6) is 0.170. The molecule has 0 heterocycles. The molecule has 0 aliphatic carbocycles. The third-order valence-electron chi connectivity index (χ3n) is 3.79. The van der Waals surface area contributed by atoms with E-state index in [1.165, 1.54) is 0 Å². The predicted molar refractivity (Wildman–Crippen MR) is 107 cm³/mol. The molecule has 26 heavy (non-hydrogen) atoms. The quantitative estimate of drug-likeness (QED) is 0.555. The number of rotatable bonds is 8. The zero-order valence-corrected chi connectivity index (χ0v) is 15.8. The summed E-state index contributed by atoms with van der Waals surface area (Å²) in [7, 11) is 0. The van der Waals surface area contributed by atoms with Crippen LogP contribution in [0.2, 0.25) is 0 Å². The van der Waals surface area contributed by atoms with Crippen LogP contribution in [0.25, 0.3) is 0 Å². The van der Waals surface area contributed by atoms with Gasteiger partial charge in [-0.15, -0.1) is 0 Å². The van der Waals surface area contributed by atoms with Crippen molar-refractivity contribution in [2.45, 2.75) is 19.4 Å². The third kappa shape index (κ3) is 6.04. The van der Waals surface area contributed by atoms with Crippen LogP contribution in [0.15, 0.2) is 65.8 Å². The maximum atomic E-state index is 12.5. The number of carbonyl (C=O) groups is 2. The summed E-state index contributed by atoms with van der Waals surface area (Å²) in [5, 5.41) is 6.96. The van der Waals surface area contributed by atoms with Gasteiger partial charge in [-0.1, -0.05) is 48.5 Å². The first-order valence-corrected chi connectivity index (χ1v) is 9.75. The monoisotopic (exact) mass is 369 g/mol. The van der Waals surface area contributed by atoms with Crippen LogP contribution in [-0.2, 0) is 4.79 Å². The van der Waals surface area contributed by atoms with E-state index in [1.807, 2.05) is 49.6 Å². The summed E-state index contributed by atoms with van der Waals surface area (Å²) in [4.78, 5) is 24.9.